The molecule has 2 aliphatic heterocycles. The number of carbonyl (C=O) groups is 2. The highest BCUT2D eigenvalue weighted by Gasteiger charge is 2.33. The summed E-state index contributed by atoms with van der Waals surface area (Å²) < 4.78 is 25.4. The molecular weight excluding hydrogens is 459 g/mol. The fourth-order valence-corrected chi connectivity index (χ4v) is 5.27. The molecule has 2 amide bonds. The van der Waals surface area contributed by atoms with Crippen molar-refractivity contribution in [3.05, 3.63) is 24.0 Å². The van der Waals surface area contributed by atoms with Crippen molar-refractivity contribution in [2.24, 2.45) is 5.92 Å². The third-order valence-electron chi connectivity index (χ3n) is 6.83. The van der Waals surface area contributed by atoms with Crippen LogP contribution in [0.5, 0.6) is 0 Å². The van der Waals surface area contributed by atoms with Crippen LogP contribution in [0.15, 0.2) is 18.2 Å². The van der Waals surface area contributed by atoms with Crippen molar-refractivity contribution in [3.8, 4) is 0 Å². The van der Waals surface area contributed by atoms with Crippen molar-refractivity contribution < 1.29 is 23.5 Å². The minimum atomic E-state index is -0.481. The smallest absolute Gasteiger partial charge is 0.414 e. The van der Waals surface area contributed by atoms with Crippen LogP contribution >= 0.6 is 12.2 Å². The van der Waals surface area contributed by atoms with E-state index in [1.807, 2.05) is 4.90 Å². The van der Waals surface area contributed by atoms with E-state index in [0.29, 0.717) is 56.6 Å². The Labute approximate surface area is 205 Å². The van der Waals surface area contributed by atoms with Crippen LogP contribution in [0.1, 0.15) is 32.1 Å². The van der Waals surface area contributed by atoms with Crippen molar-refractivity contribution in [1.29, 1.82) is 0 Å². The first-order valence-corrected chi connectivity index (χ1v) is 12.4. The first kappa shape index (κ1) is 24.7. The number of methoxy groups -OCH3 is 1. The molecule has 0 aromatic heterocycles. The number of carbonyl (C=O) groups excluding carboxylic acids is 2. The lowest BCUT2D eigenvalue weighted by molar-refractivity contribution is -0.135. The number of nitrogens with zero attached hydrogens (tertiary/aromatic N) is 3. The van der Waals surface area contributed by atoms with Crippen molar-refractivity contribution >= 4 is 40.6 Å². The largest absolute Gasteiger partial charge is 0.442 e. The zero-order valence-electron chi connectivity index (χ0n) is 19.6. The van der Waals surface area contributed by atoms with Gasteiger partial charge >= 0.3 is 6.09 Å². The zero-order valence-corrected chi connectivity index (χ0v) is 20.4. The van der Waals surface area contributed by atoms with Gasteiger partial charge < -0.3 is 24.6 Å². The van der Waals surface area contributed by atoms with E-state index >= 15 is 0 Å². The molecule has 3 fully saturated rings. The van der Waals surface area contributed by atoms with Gasteiger partial charge in [0, 0.05) is 39.7 Å². The van der Waals surface area contributed by atoms with E-state index in [4.69, 9.17) is 21.7 Å². The van der Waals surface area contributed by atoms with E-state index in [1.54, 1.807) is 17.0 Å². The number of anilines is 2. The molecule has 1 atom stereocenters. The molecule has 1 N–H and O–H groups in total. The average molecular weight is 493 g/mol. The number of rotatable bonds is 8. The Morgan fingerprint density at radius 1 is 1.24 bits per heavy atom. The van der Waals surface area contributed by atoms with Gasteiger partial charge in [-0.15, -0.1) is 0 Å². The second-order valence-corrected chi connectivity index (χ2v) is 9.70. The third-order valence-corrected chi connectivity index (χ3v) is 7.14. The molecular formula is C24H33FN4O4S. The number of piperazine rings is 1. The van der Waals surface area contributed by atoms with Crippen molar-refractivity contribution in [3.63, 3.8) is 0 Å². The van der Waals surface area contributed by atoms with Crippen LogP contribution in [0.4, 0.5) is 20.6 Å². The Kier molecular flexibility index (Phi) is 8.20. The second-order valence-electron chi connectivity index (χ2n) is 9.21. The molecule has 1 aromatic carbocycles. The van der Waals surface area contributed by atoms with Crippen LogP contribution in [-0.2, 0) is 14.3 Å². The van der Waals surface area contributed by atoms with E-state index in [1.165, 1.54) is 43.8 Å². The molecule has 1 aromatic rings. The number of hydrogen-bond donors (Lipinski definition) is 1. The maximum absolute atomic E-state index is 15.0. The first-order chi connectivity index (χ1) is 16.4. The summed E-state index contributed by atoms with van der Waals surface area (Å²) >= 11 is 5.46. The number of amides is 2. The molecule has 1 saturated carbocycles. The molecule has 34 heavy (non-hydrogen) atoms. The van der Waals surface area contributed by atoms with Crippen molar-refractivity contribution in [1.82, 2.24) is 10.2 Å². The van der Waals surface area contributed by atoms with Crippen LogP contribution < -0.4 is 15.1 Å². The number of hydrogen-bond acceptors (Lipinski definition) is 6. The maximum Gasteiger partial charge on any atom is 0.414 e. The summed E-state index contributed by atoms with van der Waals surface area (Å²) in [5.41, 5.74) is 0.932. The molecule has 2 heterocycles. The Hall–Kier alpha value is -2.46. The van der Waals surface area contributed by atoms with E-state index in [2.05, 4.69) is 5.32 Å². The fraction of sp³-hybridized carbons (Fsp3) is 0.625. The lowest BCUT2D eigenvalue weighted by Crippen LogP contribution is -2.50. The van der Waals surface area contributed by atoms with E-state index in [9.17, 15) is 14.0 Å². The normalized spacial score (nSPS) is 21.2. The zero-order chi connectivity index (χ0) is 24.1. The lowest BCUT2D eigenvalue weighted by atomic mass is 10.0. The molecule has 1 unspecified atom stereocenters. The van der Waals surface area contributed by atoms with E-state index in [0.717, 1.165) is 11.4 Å². The Balaban J connectivity index is 1.29. The SMILES string of the molecule is COCC(=O)N1CCN(c2ccc(N3CC(CNC(=S)CC4CCCC4)OC3=O)cc2F)CC1. The van der Waals surface area contributed by atoms with E-state index in [-0.39, 0.29) is 18.6 Å². The highest BCUT2D eigenvalue weighted by atomic mass is 32.1. The van der Waals surface area contributed by atoms with Gasteiger partial charge in [0.15, 0.2) is 0 Å². The summed E-state index contributed by atoms with van der Waals surface area (Å²) in [6.45, 7) is 2.95. The highest BCUT2D eigenvalue weighted by molar-refractivity contribution is 7.80. The summed E-state index contributed by atoms with van der Waals surface area (Å²) in [5.74, 6) is 0.202. The Morgan fingerprint density at radius 3 is 2.65 bits per heavy atom. The van der Waals surface area contributed by atoms with Gasteiger partial charge in [-0.25, -0.2) is 9.18 Å². The topological polar surface area (TPSA) is 74.3 Å². The predicted molar refractivity (Wildman–Crippen MR) is 132 cm³/mol. The summed E-state index contributed by atoms with van der Waals surface area (Å²) in [5, 5.41) is 3.24. The van der Waals surface area contributed by atoms with Gasteiger partial charge in [-0.1, -0.05) is 37.9 Å². The quantitative estimate of drug-likeness (QED) is 0.560. The second kappa shape index (κ2) is 11.3. The van der Waals surface area contributed by atoms with Crippen molar-refractivity contribution in [2.45, 2.75) is 38.2 Å². The molecule has 2 saturated heterocycles. The van der Waals surface area contributed by atoms with Crippen molar-refractivity contribution in [2.75, 3.05) is 62.8 Å². The summed E-state index contributed by atoms with van der Waals surface area (Å²) in [7, 11) is 1.49. The van der Waals surface area contributed by atoms with Gasteiger partial charge in [0.05, 0.1) is 29.5 Å². The molecule has 186 valence electrons. The minimum Gasteiger partial charge on any atom is -0.442 e. The van der Waals surface area contributed by atoms with Crippen LogP contribution in [0.3, 0.4) is 0 Å². The Bertz CT molecular complexity index is 903. The van der Waals surface area contributed by atoms with Gasteiger partial charge in [0.25, 0.3) is 0 Å². The predicted octanol–water partition coefficient (Wildman–Crippen LogP) is 2.94. The molecule has 4 rings (SSSR count). The van der Waals surface area contributed by atoms with Crippen LogP contribution in [0.2, 0.25) is 0 Å². The van der Waals surface area contributed by atoms with Crippen LogP contribution in [-0.4, -0.2) is 81.0 Å². The summed E-state index contributed by atoms with van der Waals surface area (Å²) in [6.07, 6.45) is 5.10. The molecule has 8 nitrogen and oxygen atoms in total. The number of nitrogens with one attached hydrogen (secondary N) is 1. The van der Waals surface area contributed by atoms with Crippen LogP contribution in [0.25, 0.3) is 0 Å². The highest BCUT2D eigenvalue weighted by Crippen LogP contribution is 2.29. The number of ether oxygens (including phenoxy) is 2. The molecule has 3 aliphatic rings. The minimum absolute atomic E-state index is 0.0534. The van der Waals surface area contributed by atoms with Gasteiger partial charge in [-0.2, -0.15) is 0 Å². The molecule has 10 heteroatoms. The standard InChI is InChI=1S/C24H33FN4O4S/c1-32-16-23(30)28-10-8-27(9-11-28)21-7-6-18(13-20(21)25)29-15-19(33-24(29)31)14-26-22(34)12-17-4-2-3-5-17/h6-7,13,17,19H,2-5,8-12,14-16H2,1H3,(H,26,34). The van der Waals surface area contributed by atoms with Gasteiger partial charge in [0.2, 0.25) is 5.91 Å². The average Bonchev–Trinajstić information content (AvgIpc) is 3.47. The monoisotopic (exact) mass is 492 g/mol. The number of halogens is 1. The first-order valence-electron chi connectivity index (χ1n) is 12.0. The summed E-state index contributed by atoms with van der Waals surface area (Å²) in [6, 6.07) is 4.80. The number of thiocarbonyl (C=S) groups is 1. The number of cyclic esters (lactones) is 1. The molecule has 0 bridgehead atoms. The number of benzene rings is 1. The van der Waals surface area contributed by atoms with Gasteiger partial charge in [-0.3, -0.25) is 9.69 Å². The molecule has 1 aliphatic carbocycles. The van der Waals surface area contributed by atoms with E-state index < -0.39 is 11.9 Å². The Morgan fingerprint density at radius 2 is 1.97 bits per heavy atom. The fourth-order valence-electron chi connectivity index (χ4n) is 4.95. The third kappa shape index (κ3) is 5.96. The van der Waals surface area contributed by atoms with Crippen LogP contribution in [0, 0.1) is 11.7 Å². The molecule has 0 radical (unpaired) electrons. The molecule has 0 spiro atoms. The van der Waals surface area contributed by atoms with Gasteiger partial charge in [0.1, 0.15) is 18.5 Å². The maximum atomic E-state index is 15.0. The lowest BCUT2D eigenvalue weighted by Gasteiger charge is -2.36. The summed E-state index contributed by atoms with van der Waals surface area (Å²) in [4.78, 5) is 30.3. The van der Waals surface area contributed by atoms with Gasteiger partial charge in [-0.05, 0) is 24.1 Å².